The van der Waals surface area contributed by atoms with Gasteiger partial charge in [0.2, 0.25) is 11.8 Å². The van der Waals surface area contributed by atoms with Crippen LogP contribution in [0.25, 0.3) is 0 Å². The normalized spacial score (nSPS) is 30.2. The number of amides is 3. The summed E-state index contributed by atoms with van der Waals surface area (Å²) in [7, 11) is 1.75. The van der Waals surface area contributed by atoms with E-state index in [1.54, 1.807) is 27.8 Å². The molecule has 1 spiro atoms. The van der Waals surface area contributed by atoms with Crippen LogP contribution in [0.1, 0.15) is 11.1 Å². The van der Waals surface area contributed by atoms with Crippen LogP contribution < -0.4 is 4.90 Å². The SMILES string of the molecule is Cc1cccc(Cl)c1N1CC=C[C@]23S[C@@H]4C=CCN(C)C(=O)[C@@H]4[C@H]2C(=O)N([C@@H](CO)Cc2ccccc2)C3C1=O. The van der Waals surface area contributed by atoms with Crippen LogP contribution in [0.15, 0.2) is 72.8 Å². The molecule has 1 unspecified atom stereocenters. The number of para-hydroxylation sites is 1. The van der Waals surface area contributed by atoms with Crippen LogP contribution in [-0.2, 0) is 20.8 Å². The number of fused-ring (bicyclic) bond motifs is 2. The van der Waals surface area contributed by atoms with E-state index in [4.69, 9.17) is 11.6 Å². The van der Waals surface area contributed by atoms with E-state index in [9.17, 15) is 19.5 Å². The maximum atomic E-state index is 14.7. The second-order valence-corrected chi connectivity index (χ2v) is 12.9. The Kier molecular flexibility index (Phi) is 7.05. The van der Waals surface area contributed by atoms with Crippen LogP contribution >= 0.6 is 23.4 Å². The highest BCUT2D eigenvalue weighted by Crippen LogP contribution is 2.61. The number of carbonyl (C=O) groups is 3. The largest absolute Gasteiger partial charge is 0.394 e. The summed E-state index contributed by atoms with van der Waals surface area (Å²) in [6.07, 6.45) is 8.30. The summed E-state index contributed by atoms with van der Waals surface area (Å²) < 4.78 is -0.963. The Hall–Kier alpha value is -3.07. The third-order valence-electron chi connectivity index (χ3n) is 8.67. The molecule has 2 aromatic carbocycles. The molecule has 0 aromatic heterocycles. The first-order chi connectivity index (χ1) is 19.3. The number of likely N-dealkylation sites (N-methyl/N-ethyl adjacent to an activating group) is 1. The number of benzene rings is 2. The van der Waals surface area contributed by atoms with E-state index >= 15 is 0 Å². The molecule has 40 heavy (non-hydrogen) atoms. The summed E-state index contributed by atoms with van der Waals surface area (Å²) in [4.78, 5) is 47.9. The van der Waals surface area contributed by atoms with E-state index in [1.807, 2.05) is 73.7 Å². The first-order valence-electron chi connectivity index (χ1n) is 13.6. The molecule has 2 fully saturated rings. The summed E-state index contributed by atoms with van der Waals surface area (Å²) in [6.45, 7) is 2.37. The smallest absolute Gasteiger partial charge is 0.251 e. The van der Waals surface area contributed by atoms with Crippen molar-refractivity contribution in [1.29, 1.82) is 0 Å². The van der Waals surface area contributed by atoms with Gasteiger partial charge in [-0.15, -0.1) is 11.8 Å². The number of anilines is 1. The maximum Gasteiger partial charge on any atom is 0.251 e. The topological polar surface area (TPSA) is 81.2 Å². The highest BCUT2D eigenvalue weighted by Gasteiger charge is 2.71. The van der Waals surface area contributed by atoms with Gasteiger partial charge in [-0.3, -0.25) is 14.4 Å². The van der Waals surface area contributed by atoms with Crippen molar-refractivity contribution in [3.8, 4) is 0 Å². The Balaban J connectivity index is 1.50. The highest BCUT2D eigenvalue weighted by atomic mass is 35.5. The number of hydrogen-bond acceptors (Lipinski definition) is 5. The first-order valence-corrected chi connectivity index (χ1v) is 14.8. The summed E-state index contributed by atoms with van der Waals surface area (Å²) in [5.74, 6) is -1.94. The molecule has 2 saturated heterocycles. The van der Waals surface area contributed by atoms with E-state index < -0.39 is 28.7 Å². The Morgan fingerprint density at radius 1 is 1.02 bits per heavy atom. The molecule has 7 nitrogen and oxygen atoms in total. The minimum atomic E-state index is -0.963. The first kappa shape index (κ1) is 27.1. The third-order valence-corrected chi connectivity index (χ3v) is 10.7. The maximum absolute atomic E-state index is 14.7. The van der Waals surface area contributed by atoms with E-state index in [1.165, 1.54) is 11.8 Å². The fraction of sp³-hybridized carbons (Fsp3) is 0.387. The van der Waals surface area contributed by atoms with Gasteiger partial charge in [0.15, 0.2) is 0 Å². The van der Waals surface area contributed by atoms with E-state index in [2.05, 4.69) is 0 Å². The standard InChI is InChI=1S/C31H32ClN3O4S/c1-19-9-6-12-22(32)26(19)34-16-8-14-31-25(24-23(40-31)13-7-15-33(2)28(24)37)29(38)35(27(31)30(34)39)21(18-36)17-20-10-4-3-5-11-20/h3-14,21,23-25,27,36H,15-18H2,1-2H3/t21-,23-,24+,25+,27?,31+/m1/s1. The summed E-state index contributed by atoms with van der Waals surface area (Å²) in [6, 6.07) is 13.6. The van der Waals surface area contributed by atoms with Gasteiger partial charge in [0.1, 0.15) is 6.04 Å². The number of hydrogen-bond donors (Lipinski definition) is 1. The number of thioether (sulfide) groups is 1. The van der Waals surface area contributed by atoms with Crippen molar-refractivity contribution in [1.82, 2.24) is 9.80 Å². The van der Waals surface area contributed by atoms with Crippen LogP contribution in [0.4, 0.5) is 5.69 Å². The van der Waals surface area contributed by atoms with Gasteiger partial charge in [-0.25, -0.2) is 0 Å². The Morgan fingerprint density at radius 2 is 1.80 bits per heavy atom. The van der Waals surface area contributed by atoms with Gasteiger partial charge in [-0.1, -0.05) is 78.4 Å². The monoisotopic (exact) mass is 577 g/mol. The molecule has 208 valence electrons. The fourth-order valence-corrected chi connectivity index (χ4v) is 9.22. The number of rotatable bonds is 5. The molecule has 1 N–H and O–H groups in total. The van der Waals surface area contributed by atoms with Gasteiger partial charge >= 0.3 is 0 Å². The zero-order chi connectivity index (χ0) is 28.2. The minimum absolute atomic E-state index is 0.0918. The van der Waals surface area contributed by atoms with E-state index in [-0.39, 0.29) is 29.6 Å². The van der Waals surface area contributed by atoms with Gasteiger partial charge < -0.3 is 19.8 Å². The Labute approximate surface area is 243 Å². The van der Waals surface area contributed by atoms with Gasteiger partial charge in [-0.2, -0.15) is 0 Å². The molecule has 2 aromatic rings. The van der Waals surface area contributed by atoms with Crippen LogP contribution in [0.5, 0.6) is 0 Å². The third kappa shape index (κ3) is 4.11. The average Bonchev–Trinajstić information content (AvgIpc) is 3.28. The van der Waals surface area contributed by atoms with Gasteiger partial charge in [0.25, 0.3) is 5.91 Å². The number of halogens is 1. The van der Waals surface area contributed by atoms with E-state index in [0.29, 0.717) is 30.2 Å². The van der Waals surface area contributed by atoms with Crippen LogP contribution in [0.3, 0.4) is 0 Å². The van der Waals surface area contributed by atoms with Crippen molar-refractivity contribution >= 4 is 46.8 Å². The lowest BCUT2D eigenvalue weighted by atomic mass is 9.78. The lowest BCUT2D eigenvalue weighted by Gasteiger charge is -2.39. The van der Waals surface area contributed by atoms with Crippen LogP contribution in [0, 0.1) is 18.8 Å². The highest BCUT2D eigenvalue weighted by molar-refractivity contribution is 8.02. The number of aliphatic hydroxyl groups excluding tert-OH is 1. The minimum Gasteiger partial charge on any atom is -0.394 e. The molecule has 0 radical (unpaired) electrons. The van der Waals surface area contributed by atoms with Crippen molar-refractivity contribution in [2.45, 2.75) is 35.4 Å². The molecular weight excluding hydrogens is 546 g/mol. The second-order valence-electron chi connectivity index (χ2n) is 11.0. The quantitative estimate of drug-likeness (QED) is 0.551. The summed E-state index contributed by atoms with van der Waals surface area (Å²) >= 11 is 8.18. The van der Waals surface area contributed by atoms with Crippen molar-refractivity contribution in [2.24, 2.45) is 11.8 Å². The van der Waals surface area contributed by atoms with E-state index in [0.717, 1.165) is 11.1 Å². The zero-order valence-corrected chi connectivity index (χ0v) is 24.0. The number of likely N-dealkylation sites (tertiary alicyclic amines) is 1. The summed E-state index contributed by atoms with van der Waals surface area (Å²) in [5, 5.41) is 10.9. The molecule has 9 heteroatoms. The second kappa shape index (κ2) is 10.4. The van der Waals surface area contributed by atoms with Crippen molar-refractivity contribution in [2.75, 3.05) is 31.6 Å². The molecular formula is C31H32ClN3O4S. The Morgan fingerprint density at radius 3 is 2.52 bits per heavy atom. The lowest BCUT2D eigenvalue weighted by molar-refractivity contribution is -0.144. The summed E-state index contributed by atoms with van der Waals surface area (Å²) in [5.41, 5.74) is 2.42. The molecule has 4 aliphatic heterocycles. The number of aryl methyl sites for hydroxylation is 1. The molecule has 0 bridgehead atoms. The predicted molar refractivity (Wildman–Crippen MR) is 157 cm³/mol. The Bertz CT molecular complexity index is 1390. The van der Waals surface area contributed by atoms with Gasteiger partial charge in [0.05, 0.1) is 39.9 Å². The number of carbonyl (C=O) groups excluding carboxylic acids is 3. The molecule has 4 heterocycles. The van der Waals surface area contributed by atoms with Crippen molar-refractivity contribution in [3.63, 3.8) is 0 Å². The molecule has 6 rings (SSSR count). The fourth-order valence-electron chi connectivity index (χ4n) is 6.90. The molecule has 3 amide bonds. The van der Waals surface area contributed by atoms with Crippen LogP contribution in [0.2, 0.25) is 5.02 Å². The number of aliphatic hydroxyl groups is 1. The molecule has 4 aliphatic rings. The molecule has 0 aliphatic carbocycles. The van der Waals surface area contributed by atoms with Gasteiger partial charge in [0, 0.05) is 25.4 Å². The van der Waals surface area contributed by atoms with Crippen molar-refractivity contribution < 1.29 is 19.5 Å². The lowest BCUT2D eigenvalue weighted by Crippen LogP contribution is -2.57. The predicted octanol–water partition coefficient (Wildman–Crippen LogP) is 3.48. The molecule has 0 saturated carbocycles. The number of nitrogens with zero attached hydrogens (tertiary/aromatic N) is 3. The van der Waals surface area contributed by atoms with Gasteiger partial charge in [-0.05, 0) is 30.5 Å². The average molecular weight is 578 g/mol. The van der Waals surface area contributed by atoms with Crippen molar-refractivity contribution in [3.05, 3.63) is 89.0 Å². The van der Waals surface area contributed by atoms with Crippen LogP contribution in [-0.4, -0.2) is 81.5 Å². The zero-order valence-electron chi connectivity index (χ0n) is 22.4. The molecule has 6 atom stereocenters.